The third kappa shape index (κ3) is 79.6. The molecule has 0 aromatic carbocycles. The van der Waals surface area contributed by atoms with Crippen molar-refractivity contribution in [2.45, 2.75) is 46.3 Å². The average molecular weight is 532 g/mol. The molecule has 0 heterocycles. The summed E-state index contributed by atoms with van der Waals surface area (Å²) in [6.07, 6.45) is -0.000000000000000222. The number of nitrogens with two attached hydrogens (primary N) is 2. The second-order valence-corrected chi connectivity index (χ2v) is 7.69. The van der Waals surface area contributed by atoms with Gasteiger partial charge in [0.15, 0.2) is 0 Å². The monoisotopic (exact) mass is 531 g/mol. The van der Waals surface area contributed by atoms with Crippen LogP contribution in [0, 0.1) is 0 Å². The van der Waals surface area contributed by atoms with Crippen LogP contribution in [0.5, 0.6) is 0 Å². The summed E-state index contributed by atoms with van der Waals surface area (Å²) >= 11 is -0.472. The Hall–Kier alpha value is 0.0883. The van der Waals surface area contributed by atoms with Crippen molar-refractivity contribution in [1.29, 1.82) is 0 Å². The number of aliphatic carboxylic acids is 2. The Kier molecular flexibility index (Phi) is 27.9. The van der Waals surface area contributed by atoms with Crippen LogP contribution in [0.2, 0.25) is 0 Å². The summed E-state index contributed by atoms with van der Waals surface area (Å²) in [6, 6.07) is 0. The molecule has 7 nitrogen and oxygen atoms in total. The van der Waals surface area contributed by atoms with Crippen molar-refractivity contribution in [2.75, 3.05) is 13.1 Å². The van der Waals surface area contributed by atoms with Gasteiger partial charge < -0.3 is 26.4 Å². The van der Waals surface area contributed by atoms with E-state index < -0.39 is 28.4 Å². The third-order valence-corrected chi connectivity index (χ3v) is 1.05. The van der Waals surface area contributed by atoms with Gasteiger partial charge in [-0.15, -0.1) is 0 Å². The second-order valence-electron chi connectivity index (χ2n) is 4.41. The second kappa shape index (κ2) is 20.1. The molecule has 0 bridgehead atoms. The SMILES string of the molecule is CC(=O)O.CC(=O)O.CC(C)(C)OC(CN)CN.[Cl][Pt+2][Cl]. The quantitative estimate of drug-likeness (QED) is 0.434. The van der Waals surface area contributed by atoms with Gasteiger partial charge in [-0.25, -0.2) is 0 Å². The van der Waals surface area contributed by atoms with E-state index in [1.165, 1.54) is 0 Å². The Morgan fingerprint density at radius 2 is 1.29 bits per heavy atom. The molecule has 0 aromatic rings. The van der Waals surface area contributed by atoms with Crippen LogP contribution in [0.4, 0.5) is 0 Å². The predicted molar refractivity (Wildman–Crippen MR) is 81.1 cm³/mol. The molecule has 10 heteroatoms. The van der Waals surface area contributed by atoms with Crippen LogP contribution in [-0.2, 0) is 30.8 Å². The first-order valence-electron chi connectivity index (χ1n) is 5.67. The first-order chi connectivity index (χ1) is 9.37. The van der Waals surface area contributed by atoms with Crippen LogP contribution in [0.15, 0.2) is 0 Å². The average Bonchev–Trinajstić information content (AvgIpc) is 2.24. The van der Waals surface area contributed by atoms with Crippen LogP contribution >= 0.6 is 18.8 Å². The molecular formula is C11H26Cl2N2O5Pt+2. The molecule has 0 aliphatic carbocycles. The number of halogens is 2. The molecule has 0 aromatic heterocycles. The number of carboxylic acids is 2. The predicted octanol–water partition coefficient (Wildman–Crippen LogP) is 1.65. The topological polar surface area (TPSA) is 136 Å². The molecule has 6 N–H and O–H groups in total. The number of hydrogen-bond acceptors (Lipinski definition) is 5. The van der Waals surface area contributed by atoms with E-state index in [0.717, 1.165) is 13.8 Å². The Balaban J connectivity index is -0.000000109. The maximum absolute atomic E-state index is 9.00. The molecule has 21 heavy (non-hydrogen) atoms. The molecule has 132 valence electrons. The summed E-state index contributed by atoms with van der Waals surface area (Å²) < 4.78 is 5.49. The molecule has 0 fully saturated rings. The first-order valence-corrected chi connectivity index (χ1v) is 11.3. The summed E-state index contributed by atoms with van der Waals surface area (Å²) in [7, 11) is 9.75. The Labute approximate surface area is 142 Å². The van der Waals surface area contributed by atoms with Gasteiger partial charge in [0, 0.05) is 26.9 Å². The van der Waals surface area contributed by atoms with Crippen molar-refractivity contribution in [2.24, 2.45) is 11.5 Å². The summed E-state index contributed by atoms with van der Waals surface area (Å²) in [4.78, 5) is 18.0. The molecule has 0 aliphatic heterocycles. The zero-order valence-corrected chi connectivity index (χ0v) is 16.6. The number of carboxylic acid groups (broad SMARTS) is 2. The van der Waals surface area contributed by atoms with Crippen LogP contribution in [0.1, 0.15) is 34.6 Å². The first kappa shape index (κ1) is 29.1. The van der Waals surface area contributed by atoms with Gasteiger partial charge in [0.1, 0.15) is 0 Å². The number of ether oxygens (including phenoxy) is 1. The number of rotatable bonds is 3. The summed E-state index contributed by atoms with van der Waals surface area (Å²) in [5.74, 6) is -1.67. The van der Waals surface area contributed by atoms with Gasteiger partial charge in [-0.3, -0.25) is 9.59 Å². The summed E-state index contributed by atoms with van der Waals surface area (Å²) in [5, 5.41) is 14.8. The van der Waals surface area contributed by atoms with E-state index in [4.69, 9.17) is 54.8 Å². The van der Waals surface area contributed by atoms with Crippen molar-refractivity contribution in [3.63, 3.8) is 0 Å². The normalized spacial score (nSPS) is 9.43. The van der Waals surface area contributed by atoms with Gasteiger partial charge in [-0.1, -0.05) is 0 Å². The van der Waals surface area contributed by atoms with Crippen LogP contribution in [-0.4, -0.2) is 46.9 Å². The molecule has 0 saturated carbocycles. The fraction of sp³-hybridized carbons (Fsp3) is 0.818. The summed E-state index contributed by atoms with van der Waals surface area (Å²) in [6.45, 7) is 9.13. The van der Waals surface area contributed by atoms with Crippen molar-refractivity contribution >= 4 is 30.8 Å². The zero-order valence-electron chi connectivity index (χ0n) is 12.8. The Bertz CT molecular complexity index is 229. The fourth-order valence-corrected chi connectivity index (χ4v) is 0.692. The van der Waals surface area contributed by atoms with Crippen molar-refractivity contribution in [3.8, 4) is 0 Å². The third-order valence-electron chi connectivity index (χ3n) is 1.05. The molecule has 0 rings (SSSR count). The molecule has 0 amide bonds. The van der Waals surface area contributed by atoms with E-state index >= 15 is 0 Å². The van der Waals surface area contributed by atoms with Gasteiger partial charge in [0.05, 0.1) is 11.7 Å². The minimum atomic E-state index is -0.833. The molecular weight excluding hydrogens is 506 g/mol. The van der Waals surface area contributed by atoms with Crippen molar-refractivity contribution in [3.05, 3.63) is 0 Å². The van der Waals surface area contributed by atoms with Gasteiger partial charge in [-0.2, -0.15) is 0 Å². The summed E-state index contributed by atoms with van der Waals surface area (Å²) in [5.41, 5.74) is 10.6. The molecule has 0 saturated heterocycles. The molecule has 0 atom stereocenters. The fourth-order valence-electron chi connectivity index (χ4n) is 0.692. The van der Waals surface area contributed by atoms with E-state index in [0.29, 0.717) is 13.1 Å². The van der Waals surface area contributed by atoms with Crippen molar-refractivity contribution < 1.29 is 41.0 Å². The zero-order chi connectivity index (χ0) is 18.1. The van der Waals surface area contributed by atoms with E-state index in [1.807, 2.05) is 20.8 Å². The van der Waals surface area contributed by atoms with Gasteiger partial charge in [-0.05, 0) is 20.8 Å². The Morgan fingerprint density at radius 3 is 1.33 bits per heavy atom. The Morgan fingerprint density at radius 1 is 1.10 bits per heavy atom. The van der Waals surface area contributed by atoms with Crippen LogP contribution in [0.3, 0.4) is 0 Å². The number of hydrogen-bond donors (Lipinski definition) is 4. The van der Waals surface area contributed by atoms with Crippen molar-refractivity contribution in [1.82, 2.24) is 0 Å². The van der Waals surface area contributed by atoms with E-state index in [9.17, 15) is 0 Å². The van der Waals surface area contributed by atoms with E-state index in [1.54, 1.807) is 0 Å². The molecule has 0 unspecified atom stereocenters. The standard InChI is InChI=1S/C7H18N2O.2C2H4O2.2ClH.Pt/c1-7(2,3)10-6(4-8)5-9;2*1-2(3)4;;;/h6H,4-5,8-9H2,1-3H3;2*1H3,(H,3,4);2*1H;/q;;;;;+4/p-2. The molecule has 0 aliphatic rings. The molecule has 0 spiro atoms. The van der Waals surface area contributed by atoms with Crippen LogP contribution < -0.4 is 11.5 Å². The maximum atomic E-state index is 9.00. The van der Waals surface area contributed by atoms with Gasteiger partial charge in [0.25, 0.3) is 11.9 Å². The molecule has 0 radical (unpaired) electrons. The van der Waals surface area contributed by atoms with Gasteiger partial charge in [0.2, 0.25) is 0 Å². The van der Waals surface area contributed by atoms with Gasteiger partial charge >= 0.3 is 35.3 Å². The van der Waals surface area contributed by atoms with E-state index in [2.05, 4.69) is 0 Å². The minimum absolute atomic E-state index is 0.000000000000000222. The van der Waals surface area contributed by atoms with E-state index in [-0.39, 0.29) is 11.7 Å². The van der Waals surface area contributed by atoms with Crippen LogP contribution in [0.25, 0.3) is 0 Å². The number of carbonyl (C=O) groups is 2.